The van der Waals surface area contributed by atoms with Crippen LogP contribution in [-0.2, 0) is 6.42 Å². The zero-order valence-electron chi connectivity index (χ0n) is 11.1. The fourth-order valence-electron chi connectivity index (χ4n) is 1.96. The molecule has 0 saturated carbocycles. The van der Waals surface area contributed by atoms with Crippen LogP contribution in [0.5, 0.6) is 0 Å². The molecule has 0 saturated heterocycles. The van der Waals surface area contributed by atoms with Crippen LogP contribution in [0, 0.1) is 11.6 Å². The van der Waals surface area contributed by atoms with E-state index in [-0.39, 0.29) is 11.6 Å². The van der Waals surface area contributed by atoms with Gasteiger partial charge < -0.3 is 5.32 Å². The molecule has 0 aliphatic rings. The Labute approximate surface area is 108 Å². The number of hydrogen-bond donors (Lipinski definition) is 1. The van der Waals surface area contributed by atoms with Crippen molar-refractivity contribution in [2.45, 2.75) is 39.2 Å². The summed E-state index contributed by atoms with van der Waals surface area (Å²) in [6.45, 7) is 8.60. The molecule has 0 amide bonds. The average Bonchev–Trinajstić information content (AvgIpc) is 2.30. The van der Waals surface area contributed by atoms with E-state index in [9.17, 15) is 8.78 Å². The fraction of sp³-hybridized carbons (Fsp3) is 0.467. The topological polar surface area (TPSA) is 12.0 Å². The van der Waals surface area contributed by atoms with Crippen molar-refractivity contribution in [1.82, 2.24) is 5.32 Å². The highest BCUT2D eigenvalue weighted by molar-refractivity contribution is 5.20. The number of hydrogen-bond acceptors (Lipinski definition) is 1. The van der Waals surface area contributed by atoms with Gasteiger partial charge in [0.15, 0.2) is 0 Å². The monoisotopic (exact) mass is 253 g/mol. The second-order valence-corrected chi connectivity index (χ2v) is 4.65. The predicted octanol–water partition coefficient (Wildman–Crippen LogP) is 3.84. The summed E-state index contributed by atoms with van der Waals surface area (Å²) in [5, 5.41) is 3.27. The van der Waals surface area contributed by atoms with E-state index in [1.807, 2.05) is 13.8 Å². The van der Waals surface area contributed by atoms with Crippen LogP contribution in [0.4, 0.5) is 8.78 Å². The van der Waals surface area contributed by atoms with Crippen molar-refractivity contribution in [3.63, 3.8) is 0 Å². The molecule has 1 atom stereocenters. The molecular weight excluding hydrogens is 232 g/mol. The largest absolute Gasteiger partial charge is 0.314 e. The number of allylic oxidation sites excluding steroid dienone is 1. The SMILES string of the molecule is C=C(C)CCC(Cc1c(F)cccc1F)NCC. The Morgan fingerprint density at radius 2 is 1.94 bits per heavy atom. The van der Waals surface area contributed by atoms with Crippen LogP contribution >= 0.6 is 0 Å². The lowest BCUT2D eigenvalue weighted by atomic mass is 9.99. The Bertz CT molecular complexity index is 381. The van der Waals surface area contributed by atoms with Gasteiger partial charge in [-0.1, -0.05) is 18.6 Å². The normalized spacial score (nSPS) is 12.4. The molecule has 18 heavy (non-hydrogen) atoms. The van der Waals surface area contributed by atoms with Crippen LogP contribution in [-0.4, -0.2) is 12.6 Å². The minimum Gasteiger partial charge on any atom is -0.314 e. The predicted molar refractivity (Wildman–Crippen MR) is 71.6 cm³/mol. The van der Waals surface area contributed by atoms with Gasteiger partial charge in [-0.05, 0) is 44.9 Å². The van der Waals surface area contributed by atoms with Crippen LogP contribution in [0.2, 0.25) is 0 Å². The van der Waals surface area contributed by atoms with Crippen molar-refractivity contribution < 1.29 is 8.78 Å². The van der Waals surface area contributed by atoms with Crippen LogP contribution in [0.25, 0.3) is 0 Å². The smallest absolute Gasteiger partial charge is 0.129 e. The lowest BCUT2D eigenvalue weighted by Gasteiger charge is -2.18. The lowest BCUT2D eigenvalue weighted by molar-refractivity contribution is 0.464. The third kappa shape index (κ3) is 4.57. The molecule has 1 aromatic rings. The molecule has 1 nitrogen and oxygen atoms in total. The maximum atomic E-state index is 13.6. The molecule has 3 heteroatoms. The van der Waals surface area contributed by atoms with E-state index in [1.165, 1.54) is 18.2 Å². The molecule has 0 radical (unpaired) electrons. The Balaban J connectivity index is 2.73. The molecule has 1 aromatic carbocycles. The highest BCUT2D eigenvalue weighted by Gasteiger charge is 2.14. The van der Waals surface area contributed by atoms with E-state index in [2.05, 4.69) is 11.9 Å². The zero-order valence-corrected chi connectivity index (χ0v) is 11.1. The first kappa shape index (κ1) is 14.8. The van der Waals surface area contributed by atoms with E-state index in [0.29, 0.717) is 6.42 Å². The molecule has 1 N–H and O–H groups in total. The van der Waals surface area contributed by atoms with Gasteiger partial charge in [0.05, 0.1) is 0 Å². The highest BCUT2D eigenvalue weighted by atomic mass is 19.1. The summed E-state index contributed by atoms with van der Waals surface area (Å²) in [7, 11) is 0. The fourth-order valence-corrected chi connectivity index (χ4v) is 1.96. The van der Waals surface area contributed by atoms with E-state index in [1.54, 1.807) is 0 Å². The number of halogens is 2. The number of nitrogens with one attached hydrogen (secondary N) is 1. The first-order valence-corrected chi connectivity index (χ1v) is 6.35. The molecule has 0 aromatic heterocycles. The first-order chi connectivity index (χ1) is 8.54. The second-order valence-electron chi connectivity index (χ2n) is 4.65. The molecule has 1 unspecified atom stereocenters. The maximum absolute atomic E-state index is 13.6. The molecule has 0 aliphatic heterocycles. The van der Waals surface area contributed by atoms with Crippen molar-refractivity contribution in [2.75, 3.05) is 6.54 Å². The van der Waals surface area contributed by atoms with E-state index in [0.717, 1.165) is 25.0 Å². The quantitative estimate of drug-likeness (QED) is 0.728. The van der Waals surface area contributed by atoms with Gasteiger partial charge >= 0.3 is 0 Å². The summed E-state index contributed by atoms with van der Waals surface area (Å²) in [6, 6.07) is 4.09. The number of rotatable bonds is 7. The second kappa shape index (κ2) is 7.27. The van der Waals surface area contributed by atoms with Gasteiger partial charge in [0.1, 0.15) is 11.6 Å². The molecule has 0 spiro atoms. The van der Waals surface area contributed by atoms with Crippen molar-refractivity contribution in [3.8, 4) is 0 Å². The Morgan fingerprint density at radius 3 is 2.44 bits per heavy atom. The van der Waals surface area contributed by atoms with Crippen LogP contribution < -0.4 is 5.32 Å². The molecule has 0 fully saturated rings. The van der Waals surface area contributed by atoms with E-state index >= 15 is 0 Å². The van der Waals surface area contributed by atoms with Gasteiger partial charge in [-0.2, -0.15) is 0 Å². The standard InChI is InChI=1S/C15H21F2N/c1-4-18-12(9-8-11(2)3)10-13-14(16)6-5-7-15(13)17/h5-7,12,18H,2,4,8-10H2,1,3H3. The Kier molecular flexibility index (Phi) is 5.99. The molecule has 1 rings (SSSR count). The summed E-state index contributed by atoms with van der Waals surface area (Å²) < 4.78 is 27.1. The van der Waals surface area contributed by atoms with Crippen molar-refractivity contribution in [1.29, 1.82) is 0 Å². The van der Waals surface area contributed by atoms with Gasteiger partial charge in [0.2, 0.25) is 0 Å². The molecule has 0 aliphatic carbocycles. The minimum absolute atomic E-state index is 0.0816. The average molecular weight is 253 g/mol. The summed E-state index contributed by atoms with van der Waals surface area (Å²) in [4.78, 5) is 0. The van der Waals surface area contributed by atoms with Crippen LogP contribution in [0.15, 0.2) is 30.4 Å². The van der Waals surface area contributed by atoms with E-state index < -0.39 is 11.6 Å². The summed E-state index contributed by atoms with van der Waals surface area (Å²) in [5.41, 5.74) is 1.26. The van der Waals surface area contributed by atoms with Gasteiger partial charge in [0, 0.05) is 11.6 Å². The van der Waals surface area contributed by atoms with Crippen LogP contribution in [0.3, 0.4) is 0 Å². The lowest BCUT2D eigenvalue weighted by Crippen LogP contribution is -2.31. The van der Waals surface area contributed by atoms with Gasteiger partial charge in [-0.3, -0.25) is 0 Å². The number of likely N-dealkylation sites (N-methyl/N-ethyl adjacent to an activating group) is 1. The highest BCUT2D eigenvalue weighted by Crippen LogP contribution is 2.17. The van der Waals surface area contributed by atoms with Gasteiger partial charge in [-0.15, -0.1) is 6.58 Å². The molecule has 0 bridgehead atoms. The Hall–Kier alpha value is -1.22. The summed E-state index contributed by atoms with van der Waals surface area (Å²) in [6.07, 6.45) is 2.09. The molecule has 0 heterocycles. The van der Waals surface area contributed by atoms with Crippen molar-refractivity contribution in [3.05, 3.63) is 47.5 Å². The van der Waals surface area contributed by atoms with E-state index in [4.69, 9.17) is 0 Å². The Morgan fingerprint density at radius 1 is 1.33 bits per heavy atom. The molecular formula is C15H21F2N. The number of benzene rings is 1. The third-order valence-electron chi connectivity index (χ3n) is 2.92. The first-order valence-electron chi connectivity index (χ1n) is 6.35. The van der Waals surface area contributed by atoms with Gasteiger partial charge in [-0.25, -0.2) is 8.78 Å². The minimum atomic E-state index is -0.465. The summed E-state index contributed by atoms with van der Waals surface area (Å²) >= 11 is 0. The van der Waals surface area contributed by atoms with Gasteiger partial charge in [0.25, 0.3) is 0 Å². The maximum Gasteiger partial charge on any atom is 0.129 e. The zero-order chi connectivity index (χ0) is 13.5. The van der Waals surface area contributed by atoms with Crippen LogP contribution in [0.1, 0.15) is 32.3 Å². The third-order valence-corrected chi connectivity index (χ3v) is 2.92. The van der Waals surface area contributed by atoms with Crippen molar-refractivity contribution >= 4 is 0 Å². The van der Waals surface area contributed by atoms with Crippen molar-refractivity contribution in [2.24, 2.45) is 0 Å². The summed E-state index contributed by atoms with van der Waals surface area (Å²) in [5.74, 6) is -0.929. The molecule has 100 valence electrons.